The molecule has 0 aliphatic rings. The Morgan fingerprint density at radius 3 is 2.37 bits per heavy atom. The van der Waals surface area contributed by atoms with Crippen LogP contribution in [0.25, 0.3) is 5.69 Å². The van der Waals surface area contributed by atoms with Crippen molar-refractivity contribution in [3.63, 3.8) is 0 Å². The molecule has 0 saturated heterocycles. The second-order valence-corrected chi connectivity index (χ2v) is 8.16. The highest BCUT2D eigenvalue weighted by molar-refractivity contribution is 7.99. The highest BCUT2D eigenvalue weighted by Gasteiger charge is 2.19. The summed E-state index contributed by atoms with van der Waals surface area (Å²) >= 11 is 1.44. The average molecular weight is 383 g/mol. The number of aromatic nitrogens is 4. The number of hydrogen-bond acceptors (Lipinski definition) is 4. The molecule has 0 aliphatic carbocycles. The SMILES string of the molecule is Cc1ccc(-n2c(C)cc(C(=O)CSc3nnc(C(C)C)n3C)c2C)cc1. The maximum absolute atomic E-state index is 12.9. The number of carbonyl (C=O) groups excluding carboxylic acids is 1. The van der Waals surface area contributed by atoms with Gasteiger partial charge in [0.1, 0.15) is 5.82 Å². The number of carbonyl (C=O) groups is 1. The summed E-state index contributed by atoms with van der Waals surface area (Å²) < 4.78 is 4.11. The lowest BCUT2D eigenvalue weighted by molar-refractivity contribution is 0.102. The minimum atomic E-state index is 0.112. The lowest BCUT2D eigenvalue weighted by atomic mass is 10.2. The number of ketones is 1. The van der Waals surface area contributed by atoms with Crippen molar-refractivity contribution in [1.29, 1.82) is 0 Å². The number of hydrogen-bond donors (Lipinski definition) is 0. The van der Waals surface area contributed by atoms with Gasteiger partial charge in [-0.2, -0.15) is 0 Å². The van der Waals surface area contributed by atoms with Gasteiger partial charge in [0.25, 0.3) is 0 Å². The van der Waals surface area contributed by atoms with Crippen molar-refractivity contribution in [2.24, 2.45) is 7.05 Å². The molecular formula is C21H26N4OS. The summed E-state index contributed by atoms with van der Waals surface area (Å²) in [4.78, 5) is 12.9. The highest BCUT2D eigenvalue weighted by atomic mass is 32.2. The first kappa shape index (κ1) is 19.4. The molecule has 0 fully saturated rings. The van der Waals surface area contributed by atoms with Gasteiger partial charge in [-0.05, 0) is 39.0 Å². The molecule has 0 spiro atoms. The summed E-state index contributed by atoms with van der Waals surface area (Å²) in [6, 6.07) is 10.3. The number of Topliss-reactive ketones (excluding diaryl/α,β-unsaturated/α-hetero) is 1. The third kappa shape index (κ3) is 3.86. The van der Waals surface area contributed by atoms with Crippen molar-refractivity contribution in [2.75, 3.05) is 5.75 Å². The zero-order valence-electron chi connectivity index (χ0n) is 16.8. The fraction of sp³-hybridized carbons (Fsp3) is 0.381. The van der Waals surface area contributed by atoms with Gasteiger partial charge in [0.05, 0.1) is 5.75 Å². The van der Waals surface area contributed by atoms with E-state index >= 15 is 0 Å². The Morgan fingerprint density at radius 2 is 1.78 bits per heavy atom. The number of rotatable bonds is 6. The van der Waals surface area contributed by atoms with Crippen molar-refractivity contribution in [1.82, 2.24) is 19.3 Å². The minimum absolute atomic E-state index is 0.112. The Kier molecular flexibility index (Phi) is 5.56. The molecule has 142 valence electrons. The standard InChI is InChI=1S/C21H26N4OS/c1-13(2)20-22-23-21(24(20)6)27-12-19(26)18-11-15(4)25(16(18)5)17-9-7-14(3)8-10-17/h7-11,13H,12H2,1-6H3. The van der Waals surface area contributed by atoms with E-state index in [0.29, 0.717) is 11.7 Å². The number of nitrogens with zero attached hydrogens (tertiary/aromatic N) is 4. The second-order valence-electron chi connectivity index (χ2n) is 7.22. The predicted molar refractivity (Wildman–Crippen MR) is 110 cm³/mol. The molecule has 0 radical (unpaired) electrons. The molecule has 0 bridgehead atoms. The van der Waals surface area contributed by atoms with E-state index in [-0.39, 0.29) is 5.78 Å². The molecule has 0 saturated carbocycles. The Bertz CT molecular complexity index is 967. The van der Waals surface area contributed by atoms with Crippen LogP contribution < -0.4 is 0 Å². The third-order valence-corrected chi connectivity index (χ3v) is 5.76. The summed E-state index contributed by atoms with van der Waals surface area (Å²) in [5.74, 6) is 1.70. The van der Waals surface area contributed by atoms with E-state index < -0.39 is 0 Å². The fourth-order valence-corrected chi connectivity index (χ4v) is 4.10. The van der Waals surface area contributed by atoms with Gasteiger partial charge < -0.3 is 9.13 Å². The predicted octanol–water partition coefficient (Wildman–Crippen LogP) is 4.63. The average Bonchev–Trinajstić information content (AvgIpc) is 3.13. The summed E-state index contributed by atoms with van der Waals surface area (Å²) in [6.07, 6.45) is 0. The fourth-order valence-electron chi connectivity index (χ4n) is 3.30. The Morgan fingerprint density at radius 1 is 1.11 bits per heavy atom. The van der Waals surface area contributed by atoms with E-state index in [0.717, 1.165) is 33.6 Å². The van der Waals surface area contributed by atoms with Crippen molar-refractivity contribution in [2.45, 2.75) is 45.7 Å². The zero-order chi connectivity index (χ0) is 19.7. The van der Waals surface area contributed by atoms with Crippen LogP contribution in [0.3, 0.4) is 0 Å². The molecule has 0 unspecified atom stereocenters. The first-order chi connectivity index (χ1) is 12.8. The minimum Gasteiger partial charge on any atom is -0.318 e. The second kappa shape index (κ2) is 7.72. The molecule has 27 heavy (non-hydrogen) atoms. The van der Waals surface area contributed by atoms with Crippen molar-refractivity contribution in [3.05, 3.63) is 58.7 Å². The van der Waals surface area contributed by atoms with Crippen LogP contribution in [-0.4, -0.2) is 30.9 Å². The maximum Gasteiger partial charge on any atom is 0.191 e. The number of benzene rings is 1. The summed E-state index contributed by atoms with van der Waals surface area (Å²) in [5, 5.41) is 9.22. The lowest BCUT2D eigenvalue weighted by Gasteiger charge is -2.10. The quantitative estimate of drug-likeness (QED) is 0.461. The van der Waals surface area contributed by atoms with Crippen molar-refractivity contribution in [3.8, 4) is 5.69 Å². The van der Waals surface area contributed by atoms with E-state index in [2.05, 4.69) is 59.8 Å². The van der Waals surface area contributed by atoms with Crippen LogP contribution in [-0.2, 0) is 7.05 Å². The van der Waals surface area contributed by atoms with Crippen LogP contribution in [0.1, 0.15) is 52.9 Å². The topological polar surface area (TPSA) is 52.7 Å². The van der Waals surface area contributed by atoms with Crippen LogP contribution in [0.5, 0.6) is 0 Å². The molecule has 2 heterocycles. The third-order valence-electron chi connectivity index (χ3n) is 4.74. The molecule has 3 rings (SSSR count). The van der Waals surface area contributed by atoms with E-state index in [1.807, 2.05) is 31.5 Å². The van der Waals surface area contributed by atoms with Gasteiger partial charge in [-0.1, -0.05) is 43.3 Å². The molecule has 1 aromatic carbocycles. The molecule has 2 aromatic heterocycles. The molecule has 0 atom stereocenters. The molecular weight excluding hydrogens is 356 g/mol. The largest absolute Gasteiger partial charge is 0.318 e. The van der Waals surface area contributed by atoms with Crippen LogP contribution in [0.4, 0.5) is 0 Å². The van der Waals surface area contributed by atoms with Gasteiger partial charge >= 0.3 is 0 Å². The number of thioether (sulfide) groups is 1. The van der Waals surface area contributed by atoms with Gasteiger partial charge in [0.15, 0.2) is 10.9 Å². The van der Waals surface area contributed by atoms with Crippen LogP contribution in [0.2, 0.25) is 0 Å². The van der Waals surface area contributed by atoms with Gasteiger partial charge in [0, 0.05) is 35.6 Å². The Balaban J connectivity index is 1.80. The van der Waals surface area contributed by atoms with Crippen LogP contribution in [0, 0.1) is 20.8 Å². The van der Waals surface area contributed by atoms with E-state index in [1.54, 1.807) is 0 Å². The molecule has 0 amide bonds. The normalized spacial score (nSPS) is 11.4. The monoisotopic (exact) mass is 382 g/mol. The van der Waals surface area contributed by atoms with E-state index in [4.69, 9.17) is 0 Å². The molecule has 5 nitrogen and oxygen atoms in total. The summed E-state index contributed by atoms with van der Waals surface area (Å²) in [6.45, 7) is 10.3. The van der Waals surface area contributed by atoms with Crippen molar-refractivity contribution >= 4 is 17.5 Å². The van der Waals surface area contributed by atoms with Gasteiger partial charge in [0.2, 0.25) is 0 Å². The molecule has 6 heteroatoms. The van der Waals surface area contributed by atoms with Crippen molar-refractivity contribution < 1.29 is 4.79 Å². The zero-order valence-corrected chi connectivity index (χ0v) is 17.6. The highest BCUT2D eigenvalue weighted by Crippen LogP contribution is 2.25. The van der Waals surface area contributed by atoms with E-state index in [1.165, 1.54) is 17.3 Å². The summed E-state index contributed by atoms with van der Waals surface area (Å²) in [7, 11) is 1.95. The van der Waals surface area contributed by atoms with Gasteiger partial charge in [-0.25, -0.2) is 0 Å². The number of aryl methyl sites for hydroxylation is 2. The van der Waals surface area contributed by atoms with Crippen LogP contribution >= 0.6 is 11.8 Å². The van der Waals surface area contributed by atoms with Gasteiger partial charge in [-0.3, -0.25) is 4.79 Å². The molecule has 3 aromatic rings. The van der Waals surface area contributed by atoms with E-state index in [9.17, 15) is 4.79 Å². The van der Waals surface area contributed by atoms with Crippen LogP contribution in [0.15, 0.2) is 35.5 Å². The Hall–Kier alpha value is -2.34. The molecule has 0 N–H and O–H groups in total. The smallest absolute Gasteiger partial charge is 0.191 e. The maximum atomic E-state index is 12.9. The lowest BCUT2D eigenvalue weighted by Crippen LogP contribution is -2.07. The molecule has 0 aliphatic heterocycles. The first-order valence-electron chi connectivity index (χ1n) is 9.11. The summed E-state index contributed by atoms with van der Waals surface area (Å²) in [5.41, 5.74) is 5.11. The Labute approximate surface area is 164 Å². The van der Waals surface area contributed by atoms with Gasteiger partial charge in [-0.15, -0.1) is 10.2 Å². The first-order valence-corrected chi connectivity index (χ1v) is 10.1.